The molecule has 1 aliphatic heterocycles. The van der Waals surface area contributed by atoms with Crippen LogP contribution in [0.15, 0.2) is 0 Å². The summed E-state index contributed by atoms with van der Waals surface area (Å²) >= 11 is 0. The second-order valence-corrected chi connectivity index (χ2v) is 2.07. The van der Waals surface area contributed by atoms with Gasteiger partial charge in [0.15, 0.2) is 6.29 Å². The van der Waals surface area contributed by atoms with Crippen molar-refractivity contribution in [2.75, 3.05) is 6.61 Å². The van der Waals surface area contributed by atoms with Gasteiger partial charge in [-0.3, -0.25) is 0 Å². The van der Waals surface area contributed by atoms with E-state index in [0.717, 1.165) is 13.0 Å². The highest BCUT2D eigenvalue weighted by atomic mass is 16.7. The minimum Gasteiger partial charge on any atom is -0.350 e. The van der Waals surface area contributed by atoms with Crippen LogP contribution in [0.5, 0.6) is 0 Å². The largest absolute Gasteiger partial charge is 0.350 e. The molecule has 8 heavy (non-hydrogen) atoms. The number of hydrogen-bond acceptors (Lipinski definition) is 2. The highest BCUT2D eigenvalue weighted by Crippen LogP contribution is 2.12. The Morgan fingerprint density at radius 2 is 2.38 bits per heavy atom. The van der Waals surface area contributed by atoms with Gasteiger partial charge in [-0.1, -0.05) is 6.92 Å². The van der Waals surface area contributed by atoms with Crippen LogP contribution in [0.3, 0.4) is 0 Å². The second kappa shape index (κ2) is 2.46. The van der Waals surface area contributed by atoms with E-state index in [1.807, 2.05) is 6.92 Å². The zero-order chi connectivity index (χ0) is 5.98. The Hall–Kier alpha value is -0.0800. The first-order valence-electron chi connectivity index (χ1n) is 3.10. The molecule has 48 valence electrons. The zero-order valence-corrected chi connectivity index (χ0v) is 5.39. The molecule has 1 rings (SSSR count). The van der Waals surface area contributed by atoms with Gasteiger partial charge in [-0.05, 0) is 13.3 Å². The van der Waals surface area contributed by atoms with Crippen LogP contribution in [0.25, 0.3) is 0 Å². The van der Waals surface area contributed by atoms with Gasteiger partial charge in [0.1, 0.15) is 0 Å². The lowest BCUT2D eigenvalue weighted by Crippen LogP contribution is -2.07. The quantitative estimate of drug-likeness (QED) is 0.511. The molecule has 0 bridgehead atoms. The van der Waals surface area contributed by atoms with E-state index in [0.29, 0.717) is 6.10 Å². The van der Waals surface area contributed by atoms with Crippen LogP contribution in [0.2, 0.25) is 0 Å². The van der Waals surface area contributed by atoms with Gasteiger partial charge < -0.3 is 9.47 Å². The lowest BCUT2D eigenvalue weighted by atomic mass is 10.3. The predicted octanol–water partition coefficient (Wildman–Crippen LogP) is 1.16. The van der Waals surface area contributed by atoms with E-state index in [9.17, 15) is 0 Å². The van der Waals surface area contributed by atoms with Crippen LogP contribution >= 0.6 is 0 Å². The van der Waals surface area contributed by atoms with Crippen LogP contribution < -0.4 is 0 Å². The van der Waals surface area contributed by atoms with Crippen LogP contribution in [0, 0.1) is 0 Å². The minimum atomic E-state index is 0.0277. The van der Waals surface area contributed by atoms with Crippen molar-refractivity contribution < 1.29 is 9.47 Å². The molecule has 2 atom stereocenters. The molecular formula is C6H12O2. The first-order chi connectivity index (χ1) is 3.83. The van der Waals surface area contributed by atoms with Crippen LogP contribution in [0.1, 0.15) is 20.3 Å². The van der Waals surface area contributed by atoms with Gasteiger partial charge in [-0.15, -0.1) is 0 Å². The number of ether oxygens (including phenoxy) is 2. The van der Waals surface area contributed by atoms with Crippen molar-refractivity contribution >= 4 is 0 Å². The zero-order valence-electron chi connectivity index (χ0n) is 5.39. The second-order valence-electron chi connectivity index (χ2n) is 2.07. The van der Waals surface area contributed by atoms with E-state index in [4.69, 9.17) is 9.47 Å². The van der Waals surface area contributed by atoms with Crippen molar-refractivity contribution in [2.24, 2.45) is 0 Å². The fourth-order valence-corrected chi connectivity index (χ4v) is 0.806. The molecule has 2 unspecified atom stereocenters. The molecule has 0 aliphatic carbocycles. The summed E-state index contributed by atoms with van der Waals surface area (Å²) in [4.78, 5) is 0. The van der Waals surface area contributed by atoms with Gasteiger partial charge in [0.2, 0.25) is 0 Å². The van der Waals surface area contributed by atoms with E-state index in [2.05, 4.69) is 6.92 Å². The maximum atomic E-state index is 5.29. The fraction of sp³-hybridized carbons (Fsp3) is 1.00. The molecule has 1 heterocycles. The van der Waals surface area contributed by atoms with Gasteiger partial charge in [0, 0.05) is 0 Å². The average Bonchev–Trinajstić information content (AvgIpc) is 2.14. The molecule has 1 saturated heterocycles. The third-order valence-corrected chi connectivity index (χ3v) is 1.36. The van der Waals surface area contributed by atoms with Crippen LogP contribution in [-0.2, 0) is 9.47 Å². The highest BCUT2D eigenvalue weighted by Gasteiger charge is 2.19. The molecule has 0 radical (unpaired) electrons. The first kappa shape index (κ1) is 6.05. The van der Waals surface area contributed by atoms with E-state index < -0.39 is 0 Å². The summed E-state index contributed by atoms with van der Waals surface area (Å²) in [7, 11) is 0. The molecule has 1 fully saturated rings. The number of rotatable bonds is 1. The summed E-state index contributed by atoms with van der Waals surface area (Å²) in [5, 5.41) is 0. The van der Waals surface area contributed by atoms with Crippen molar-refractivity contribution in [3.05, 3.63) is 0 Å². The van der Waals surface area contributed by atoms with Crippen molar-refractivity contribution in [1.29, 1.82) is 0 Å². The molecule has 0 aromatic heterocycles. The van der Waals surface area contributed by atoms with Gasteiger partial charge in [0.25, 0.3) is 0 Å². The van der Waals surface area contributed by atoms with E-state index in [1.165, 1.54) is 0 Å². The normalized spacial score (nSPS) is 38.2. The van der Waals surface area contributed by atoms with Gasteiger partial charge >= 0.3 is 0 Å². The van der Waals surface area contributed by atoms with Crippen LogP contribution in [0.4, 0.5) is 0 Å². The summed E-state index contributed by atoms with van der Waals surface area (Å²) in [6.45, 7) is 4.80. The summed E-state index contributed by atoms with van der Waals surface area (Å²) in [6, 6.07) is 0. The lowest BCUT2D eigenvalue weighted by Gasteiger charge is -2.02. The Kier molecular flexibility index (Phi) is 1.86. The molecular weight excluding hydrogens is 104 g/mol. The first-order valence-corrected chi connectivity index (χ1v) is 3.10. The predicted molar refractivity (Wildman–Crippen MR) is 30.6 cm³/mol. The Morgan fingerprint density at radius 1 is 1.62 bits per heavy atom. The third-order valence-electron chi connectivity index (χ3n) is 1.36. The molecule has 2 nitrogen and oxygen atoms in total. The molecule has 0 saturated carbocycles. The lowest BCUT2D eigenvalue weighted by molar-refractivity contribution is -0.0424. The Labute approximate surface area is 49.8 Å². The van der Waals surface area contributed by atoms with Crippen molar-refractivity contribution in [3.8, 4) is 0 Å². The Balaban J connectivity index is 2.22. The van der Waals surface area contributed by atoms with Gasteiger partial charge in [-0.2, -0.15) is 0 Å². The monoisotopic (exact) mass is 116 g/mol. The van der Waals surface area contributed by atoms with Crippen molar-refractivity contribution in [3.63, 3.8) is 0 Å². The summed E-state index contributed by atoms with van der Waals surface area (Å²) in [5.74, 6) is 0. The van der Waals surface area contributed by atoms with Gasteiger partial charge in [0.05, 0.1) is 12.7 Å². The fourth-order valence-electron chi connectivity index (χ4n) is 0.806. The van der Waals surface area contributed by atoms with Crippen molar-refractivity contribution in [2.45, 2.75) is 32.7 Å². The topological polar surface area (TPSA) is 18.5 Å². The molecule has 1 aliphatic rings. The van der Waals surface area contributed by atoms with Crippen LogP contribution in [-0.4, -0.2) is 19.0 Å². The maximum Gasteiger partial charge on any atom is 0.155 e. The third kappa shape index (κ3) is 1.20. The van der Waals surface area contributed by atoms with E-state index in [-0.39, 0.29) is 6.29 Å². The average molecular weight is 116 g/mol. The molecule has 0 aromatic rings. The Morgan fingerprint density at radius 3 is 2.62 bits per heavy atom. The molecule has 0 amide bonds. The summed E-state index contributed by atoms with van der Waals surface area (Å²) in [6.07, 6.45) is 1.44. The minimum absolute atomic E-state index is 0.0277. The van der Waals surface area contributed by atoms with Crippen molar-refractivity contribution in [1.82, 2.24) is 0 Å². The standard InChI is InChI=1S/C6H12O2/c1-3-6-4-7-5(2)8-6/h5-6H,3-4H2,1-2H3. The van der Waals surface area contributed by atoms with Gasteiger partial charge in [-0.25, -0.2) is 0 Å². The summed E-state index contributed by atoms with van der Waals surface area (Å²) in [5.41, 5.74) is 0. The number of hydrogen-bond donors (Lipinski definition) is 0. The maximum absolute atomic E-state index is 5.29. The molecule has 0 spiro atoms. The van der Waals surface area contributed by atoms with E-state index >= 15 is 0 Å². The molecule has 0 aromatic carbocycles. The molecule has 2 heteroatoms. The van der Waals surface area contributed by atoms with E-state index in [1.54, 1.807) is 0 Å². The SMILES string of the molecule is CCC1COC(C)O1. The molecule has 0 N–H and O–H groups in total. The highest BCUT2D eigenvalue weighted by molar-refractivity contribution is 4.59. The Bertz CT molecular complexity index is 72.9. The smallest absolute Gasteiger partial charge is 0.155 e. The summed E-state index contributed by atoms with van der Waals surface area (Å²) < 4.78 is 10.4.